The van der Waals surface area contributed by atoms with Gasteiger partial charge in [-0.15, -0.1) is 10.2 Å². The molecule has 4 rings (SSSR count). The Kier molecular flexibility index (Phi) is 5.30. The van der Waals surface area contributed by atoms with Crippen LogP contribution in [0.2, 0.25) is 10.0 Å². The molecule has 0 amide bonds. The third-order valence-electron chi connectivity index (χ3n) is 4.09. The van der Waals surface area contributed by atoms with Gasteiger partial charge in [0.25, 0.3) is 5.69 Å². The third kappa shape index (κ3) is 4.07. The van der Waals surface area contributed by atoms with Gasteiger partial charge in [-0.05, 0) is 25.1 Å². The summed E-state index contributed by atoms with van der Waals surface area (Å²) < 4.78 is 1.55. The summed E-state index contributed by atoms with van der Waals surface area (Å²) in [5.41, 5.74) is 1.84. The number of aromatic nitrogens is 5. The van der Waals surface area contributed by atoms with Gasteiger partial charge < -0.3 is 5.32 Å². The van der Waals surface area contributed by atoms with Crippen LogP contribution in [-0.4, -0.2) is 29.9 Å². The topological polar surface area (TPSA) is 112 Å². The summed E-state index contributed by atoms with van der Waals surface area (Å²) in [6.07, 6.45) is 1.48. The van der Waals surface area contributed by atoms with Gasteiger partial charge in [0.05, 0.1) is 26.4 Å². The van der Waals surface area contributed by atoms with Crippen molar-refractivity contribution in [3.8, 4) is 17.1 Å². The van der Waals surface area contributed by atoms with Crippen LogP contribution in [0.5, 0.6) is 0 Å². The van der Waals surface area contributed by atoms with Gasteiger partial charge in [0, 0.05) is 30.0 Å². The van der Waals surface area contributed by atoms with Crippen LogP contribution in [0.3, 0.4) is 0 Å². The lowest BCUT2D eigenvalue weighted by Crippen LogP contribution is -2.06. The number of non-ortho nitro benzene ring substituents is 1. The first-order chi connectivity index (χ1) is 14.4. The minimum atomic E-state index is -0.452. The number of rotatable bonds is 5. The number of hydrogen-bond donors (Lipinski definition) is 1. The predicted molar refractivity (Wildman–Crippen MR) is 114 cm³/mol. The average Bonchev–Trinajstić information content (AvgIpc) is 3.08. The highest BCUT2D eigenvalue weighted by Gasteiger charge is 2.14. The van der Waals surface area contributed by atoms with E-state index in [1.807, 2.05) is 13.0 Å². The third-order valence-corrected chi connectivity index (χ3v) is 4.58. The molecule has 0 saturated heterocycles. The molecule has 4 aromatic rings. The van der Waals surface area contributed by atoms with Gasteiger partial charge in [0.15, 0.2) is 11.6 Å². The van der Waals surface area contributed by atoms with Gasteiger partial charge in [-0.25, -0.2) is 4.98 Å². The first-order valence-electron chi connectivity index (χ1n) is 8.64. The van der Waals surface area contributed by atoms with Crippen molar-refractivity contribution in [2.45, 2.75) is 6.92 Å². The Morgan fingerprint density at radius 2 is 1.93 bits per heavy atom. The summed E-state index contributed by atoms with van der Waals surface area (Å²) in [6.45, 7) is 1.84. The molecule has 150 valence electrons. The maximum Gasteiger partial charge on any atom is 0.270 e. The van der Waals surface area contributed by atoms with E-state index in [0.29, 0.717) is 38.8 Å². The highest BCUT2D eigenvalue weighted by Crippen LogP contribution is 2.27. The zero-order chi connectivity index (χ0) is 21.3. The number of nitrogens with one attached hydrogen (secondary N) is 1. The van der Waals surface area contributed by atoms with Gasteiger partial charge in [-0.2, -0.15) is 9.78 Å². The lowest BCUT2D eigenvalue weighted by molar-refractivity contribution is -0.384. The maximum absolute atomic E-state index is 11.0. The fourth-order valence-electron chi connectivity index (χ4n) is 2.78. The second-order valence-electron chi connectivity index (χ2n) is 6.28. The quantitative estimate of drug-likeness (QED) is 0.342. The van der Waals surface area contributed by atoms with Crippen molar-refractivity contribution in [3.63, 3.8) is 0 Å². The van der Waals surface area contributed by atoms with Gasteiger partial charge >= 0.3 is 0 Å². The lowest BCUT2D eigenvalue weighted by atomic mass is 10.1. The van der Waals surface area contributed by atoms with Crippen molar-refractivity contribution in [2.24, 2.45) is 0 Å². The largest absolute Gasteiger partial charge is 0.323 e. The fraction of sp³-hybridized carbons (Fsp3) is 0.0526. The van der Waals surface area contributed by atoms with Crippen molar-refractivity contribution in [1.29, 1.82) is 0 Å². The van der Waals surface area contributed by atoms with Crippen LogP contribution >= 0.6 is 23.2 Å². The van der Waals surface area contributed by atoms with E-state index < -0.39 is 4.92 Å². The molecule has 1 aromatic carbocycles. The number of pyridine rings is 1. The first kappa shape index (κ1) is 19.7. The van der Waals surface area contributed by atoms with Crippen LogP contribution in [0, 0.1) is 17.0 Å². The number of hydrogen-bond acceptors (Lipinski definition) is 7. The van der Waals surface area contributed by atoms with Crippen LogP contribution < -0.4 is 5.32 Å². The molecule has 0 spiro atoms. The molecule has 0 unspecified atom stereocenters. The van der Waals surface area contributed by atoms with Crippen LogP contribution in [0.1, 0.15) is 5.69 Å². The molecule has 3 heterocycles. The molecule has 0 aliphatic rings. The van der Waals surface area contributed by atoms with E-state index in [-0.39, 0.29) is 5.69 Å². The van der Waals surface area contributed by atoms with E-state index >= 15 is 0 Å². The van der Waals surface area contributed by atoms with Crippen LogP contribution in [0.25, 0.3) is 17.1 Å². The van der Waals surface area contributed by atoms with Gasteiger partial charge in [0.2, 0.25) is 0 Å². The molecule has 0 atom stereocenters. The van der Waals surface area contributed by atoms with Crippen molar-refractivity contribution >= 4 is 40.5 Å². The summed E-state index contributed by atoms with van der Waals surface area (Å²) >= 11 is 12.2. The molecular formula is C19H13Cl2N7O2. The Bertz CT molecular complexity index is 1240. The van der Waals surface area contributed by atoms with E-state index in [1.54, 1.807) is 35.0 Å². The molecule has 0 radical (unpaired) electrons. The number of nitro groups is 1. The Balaban J connectivity index is 1.62. The van der Waals surface area contributed by atoms with Gasteiger partial charge in [-0.1, -0.05) is 35.3 Å². The Hall–Kier alpha value is -3.56. The highest BCUT2D eigenvalue weighted by molar-refractivity contribution is 6.35. The highest BCUT2D eigenvalue weighted by atomic mass is 35.5. The van der Waals surface area contributed by atoms with E-state index in [2.05, 4.69) is 25.6 Å². The molecule has 1 N–H and O–H groups in total. The Morgan fingerprint density at radius 1 is 1.10 bits per heavy atom. The molecule has 3 aromatic heterocycles. The molecular weight excluding hydrogens is 429 g/mol. The summed E-state index contributed by atoms with van der Waals surface area (Å²) in [5, 5.41) is 27.6. The molecule has 0 aliphatic heterocycles. The number of aryl methyl sites for hydroxylation is 1. The molecule has 0 saturated carbocycles. The molecule has 0 aliphatic carbocycles. The average molecular weight is 442 g/mol. The number of benzene rings is 1. The zero-order valence-corrected chi connectivity index (χ0v) is 17.0. The van der Waals surface area contributed by atoms with Crippen LogP contribution in [0.4, 0.5) is 17.3 Å². The summed E-state index contributed by atoms with van der Waals surface area (Å²) in [7, 11) is 0. The minimum Gasteiger partial charge on any atom is -0.323 e. The fourth-order valence-corrected chi connectivity index (χ4v) is 3.24. The minimum absolute atomic E-state index is 0.0109. The summed E-state index contributed by atoms with van der Waals surface area (Å²) in [4.78, 5) is 14.8. The molecule has 9 nitrogen and oxygen atoms in total. The predicted octanol–water partition coefficient (Wildman–Crippen LogP) is 4.99. The smallest absolute Gasteiger partial charge is 0.270 e. The number of halogens is 2. The van der Waals surface area contributed by atoms with Crippen LogP contribution in [-0.2, 0) is 0 Å². The Morgan fingerprint density at radius 3 is 2.63 bits per heavy atom. The standard InChI is InChI=1S/C19H13Cl2N7O2/c1-11-7-18(27(26-11)19-15(21)9-13(20)10-22-19)23-17-6-5-16(24-25-17)12-3-2-4-14(8-12)28(29)30/h2-10H,1H3,(H,23,25). The molecule has 0 fully saturated rings. The Labute approximate surface area is 180 Å². The van der Waals surface area contributed by atoms with Crippen molar-refractivity contribution in [3.05, 3.63) is 80.6 Å². The SMILES string of the molecule is Cc1cc(Nc2ccc(-c3cccc([N+](=O)[O-])c3)nn2)n(-c2ncc(Cl)cc2Cl)n1. The number of nitro benzene ring substituents is 1. The monoisotopic (exact) mass is 441 g/mol. The molecule has 30 heavy (non-hydrogen) atoms. The summed E-state index contributed by atoms with van der Waals surface area (Å²) in [5.74, 6) is 1.45. The van der Waals surface area contributed by atoms with Crippen molar-refractivity contribution in [1.82, 2.24) is 25.0 Å². The number of anilines is 2. The van der Waals surface area contributed by atoms with Crippen molar-refractivity contribution in [2.75, 3.05) is 5.32 Å². The first-order valence-corrected chi connectivity index (χ1v) is 9.40. The van der Waals surface area contributed by atoms with Crippen LogP contribution in [0.15, 0.2) is 54.7 Å². The van der Waals surface area contributed by atoms with E-state index in [4.69, 9.17) is 23.2 Å². The maximum atomic E-state index is 11.0. The second kappa shape index (κ2) is 8.05. The lowest BCUT2D eigenvalue weighted by Gasteiger charge is -2.10. The zero-order valence-electron chi connectivity index (χ0n) is 15.5. The number of nitrogens with zero attached hydrogens (tertiary/aromatic N) is 6. The van der Waals surface area contributed by atoms with Gasteiger partial charge in [-0.3, -0.25) is 10.1 Å². The molecule has 11 heteroatoms. The van der Waals surface area contributed by atoms with Gasteiger partial charge in [0.1, 0.15) is 5.82 Å². The second-order valence-corrected chi connectivity index (χ2v) is 7.12. The van der Waals surface area contributed by atoms with E-state index in [0.717, 1.165) is 5.69 Å². The normalized spacial score (nSPS) is 10.8. The van der Waals surface area contributed by atoms with Crippen molar-refractivity contribution < 1.29 is 4.92 Å². The van der Waals surface area contributed by atoms with E-state index in [1.165, 1.54) is 18.3 Å². The molecule has 0 bridgehead atoms. The summed E-state index contributed by atoms with van der Waals surface area (Å²) in [6, 6.07) is 13.0. The van der Waals surface area contributed by atoms with E-state index in [9.17, 15) is 10.1 Å².